The van der Waals surface area contributed by atoms with Crippen molar-refractivity contribution in [3.8, 4) is 0 Å². The summed E-state index contributed by atoms with van der Waals surface area (Å²) in [6, 6.07) is 0.393. The Hall–Kier alpha value is -0.240. The molecule has 2 nitrogen and oxygen atoms in total. The number of hydrogen-bond acceptors (Lipinski definition) is 1. The summed E-state index contributed by atoms with van der Waals surface area (Å²) in [7, 11) is 0. The van der Waals surface area contributed by atoms with E-state index in [9.17, 15) is 4.79 Å². The standard InChI is InChI=1S/C13H22ClNO/c14-12(10-6-4-5-7-10)13(16)15-11-8-2-1-3-9-11/h10-12H,1-9H2,(H,15,16). The van der Waals surface area contributed by atoms with Crippen LogP contribution in [-0.4, -0.2) is 17.3 Å². The number of hydrogen-bond donors (Lipinski definition) is 1. The molecule has 0 saturated heterocycles. The van der Waals surface area contributed by atoms with E-state index in [0.29, 0.717) is 12.0 Å². The topological polar surface area (TPSA) is 29.1 Å². The van der Waals surface area contributed by atoms with E-state index in [2.05, 4.69) is 5.32 Å². The van der Waals surface area contributed by atoms with E-state index in [0.717, 1.165) is 25.7 Å². The Labute approximate surface area is 103 Å². The second-order valence-corrected chi connectivity index (χ2v) is 5.76. The van der Waals surface area contributed by atoms with Crippen LogP contribution in [0.1, 0.15) is 57.8 Å². The summed E-state index contributed by atoms with van der Waals surface area (Å²) in [5.41, 5.74) is 0. The predicted molar refractivity (Wildman–Crippen MR) is 66.6 cm³/mol. The van der Waals surface area contributed by atoms with Crippen LogP contribution >= 0.6 is 11.6 Å². The highest BCUT2D eigenvalue weighted by Crippen LogP contribution is 2.30. The van der Waals surface area contributed by atoms with Gasteiger partial charge in [0.05, 0.1) is 0 Å². The monoisotopic (exact) mass is 243 g/mol. The zero-order chi connectivity index (χ0) is 11.4. The first-order chi connectivity index (χ1) is 7.77. The Kier molecular flexibility index (Phi) is 4.51. The molecule has 2 fully saturated rings. The zero-order valence-electron chi connectivity index (χ0n) is 9.88. The summed E-state index contributed by atoms with van der Waals surface area (Å²) in [6.07, 6.45) is 10.8. The molecule has 3 heteroatoms. The number of carbonyl (C=O) groups is 1. The molecule has 2 rings (SSSR count). The summed E-state index contributed by atoms with van der Waals surface area (Å²) in [5.74, 6) is 0.505. The van der Waals surface area contributed by atoms with E-state index in [4.69, 9.17) is 11.6 Å². The van der Waals surface area contributed by atoms with Gasteiger partial charge in [-0.25, -0.2) is 0 Å². The van der Waals surface area contributed by atoms with Gasteiger partial charge in [-0.3, -0.25) is 4.79 Å². The van der Waals surface area contributed by atoms with Gasteiger partial charge in [0.15, 0.2) is 0 Å². The maximum absolute atomic E-state index is 12.0. The molecule has 0 heterocycles. The maximum atomic E-state index is 12.0. The third-order valence-electron chi connectivity index (χ3n) is 4.02. The van der Waals surface area contributed by atoms with Crippen molar-refractivity contribution in [1.29, 1.82) is 0 Å². The molecule has 16 heavy (non-hydrogen) atoms. The number of amides is 1. The van der Waals surface area contributed by atoms with Crippen LogP contribution in [0, 0.1) is 5.92 Å². The van der Waals surface area contributed by atoms with Gasteiger partial charge in [-0.15, -0.1) is 11.6 Å². The largest absolute Gasteiger partial charge is 0.352 e. The molecule has 0 bridgehead atoms. The maximum Gasteiger partial charge on any atom is 0.238 e. The van der Waals surface area contributed by atoms with E-state index in [1.165, 1.54) is 32.1 Å². The first kappa shape index (κ1) is 12.2. The fourth-order valence-electron chi connectivity index (χ4n) is 2.99. The average molecular weight is 244 g/mol. The quantitative estimate of drug-likeness (QED) is 0.758. The Morgan fingerprint density at radius 2 is 1.56 bits per heavy atom. The van der Waals surface area contributed by atoms with Crippen LogP contribution in [0.25, 0.3) is 0 Å². The van der Waals surface area contributed by atoms with Gasteiger partial charge < -0.3 is 5.32 Å². The van der Waals surface area contributed by atoms with Crippen LogP contribution in [0.2, 0.25) is 0 Å². The van der Waals surface area contributed by atoms with Crippen LogP contribution in [0.3, 0.4) is 0 Å². The summed E-state index contributed by atoms with van der Waals surface area (Å²) in [5, 5.41) is 2.84. The van der Waals surface area contributed by atoms with E-state index in [-0.39, 0.29) is 11.3 Å². The minimum atomic E-state index is -0.288. The second kappa shape index (κ2) is 5.90. The third-order valence-corrected chi connectivity index (χ3v) is 4.57. The van der Waals surface area contributed by atoms with Gasteiger partial charge in [0.25, 0.3) is 0 Å². The van der Waals surface area contributed by atoms with E-state index < -0.39 is 0 Å². The molecule has 2 saturated carbocycles. The highest BCUT2D eigenvalue weighted by Gasteiger charge is 2.30. The van der Waals surface area contributed by atoms with Crippen molar-refractivity contribution >= 4 is 17.5 Å². The zero-order valence-corrected chi connectivity index (χ0v) is 10.6. The average Bonchev–Trinajstić information content (AvgIpc) is 2.83. The van der Waals surface area contributed by atoms with Gasteiger partial charge in [0, 0.05) is 6.04 Å². The van der Waals surface area contributed by atoms with E-state index in [1.807, 2.05) is 0 Å². The highest BCUT2D eigenvalue weighted by atomic mass is 35.5. The van der Waals surface area contributed by atoms with Crippen molar-refractivity contribution in [3.05, 3.63) is 0 Å². The normalized spacial score (nSPS) is 25.6. The van der Waals surface area contributed by atoms with Crippen LogP contribution in [0.15, 0.2) is 0 Å². The Balaban J connectivity index is 1.77. The molecule has 0 aromatic heterocycles. The summed E-state index contributed by atoms with van der Waals surface area (Å²) < 4.78 is 0. The lowest BCUT2D eigenvalue weighted by molar-refractivity contribution is -0.122. The molecular formula is C13H22ClNO. The number of carbonyl (C=O) groups excluding carboxylic acids is 1. The smallest absolute Gasteiger partial charge is 0.238 e. The lowest BCUT2D eigenvalue weighted by Crippen LogP contribution is -2.42. The van der Waals surface area contributed by atoms with Crippen molar-refractivity contribution in [2.75, 3.05) is 0 Å². The minimum absolute atomic E-state index is 0.0838. The number of alkyl halides is 1. The van der Waals surface area contributed by atoms with Crippen molar-refractivity contribution in [2.45, 2.75) is 69.2 Å². The van der Waals surface area contributed by atoms with Crippen LogP contribution in [0.4, 0.5) is 0 Å². The van der Waals surface area contributed by atoms with Gasteiger partial charge in [0.1, 0.15) is 5.38 Å². The molecule has 0 aliphatic heterocycles. The lowest BCUT2D eigenvalue weighted by Gasteiger charge is -2.25. The predicted octanol–water partition coefficient (Wildman–Crippen LogP) is 3.23. The molecule has 1 amide bonds. The van der Waals surface area contributed by atoms with Crippen molar-refractivity contribution in [2.24, 2.45) is 5.92 Å². The Morgan fingerprint density at radius 1 is 1.00 bits per heavy atom. The molecule has 0 aromatic carbocycles. The lowest BCUT2D eigenvalue weighted by atomic mass is 9.95. The molecule has 0 radical (unpaired) electrons. The summed E-state index contributed by atoms with van der Waals surface area (Å²) >= 11 is 6.24. The fraction of sp³-hybridized carbons (Fsp3) is 0.923. The molecule has 2 aliphatic rings. The molecule has 1 atom stereocenters. The van der Waals surface area contributed by atoms with Crippen LogP contribution in [-0.2, 0) is 4.79 Å². The SMILES string of the molecule is O=C(NC1CCCCC1)C(Cl)C1CCCC1. The first-order valence-electron chi connectivity index (χ1n) is 6.72. The molecule has 92 valence electrons. The summed E-state index contributed by atoms with van der Waals surface area (Å²) in [6.45, 7) is 0. The van der Waals surface area contributed by atoms with Gasteiger partial charge in [0.2, 0.25) is 5.91 Å². The molecule has 1 N–H and O–H groups in total. The minimum Gasteiger partial charge on any atom is -0.352 e. The van der Waals surface area contributed by atoms with E-state index >= 15 is 0 Å². The van der Waals surface area contributed by atoms with E-state index in [1.54, 1.807) is 0 Å². The molecule has 0 spiro atoms. The third kappa shape index (κ3) is 3.13. The van der Waals surface area contributed by atoms with Crippen molar-refractivity contribution in [1.82, 2.24) is 5.32 Å². The molecule has 1 unspecified atom stereocenters. The van der Waals surface area contributed by atoms with Crippen molar-refractivity contribution < 1.29 is 4.79 Å². The van der Waals surface area contributed by atoms with Gasteiger partial charge >= 0.3 is 0 Å². The van der Waals surface area contributed by atoms with Gasteiger partial charge in [-0.05, 0) is 31.6 Å². The van der Waals surface area contributed by atoms with Gasteiger partial charge in [-0.2, -0.15) is 0 Å². The number of halogens is 1. The number of nitrogens with one attached hydrogen (secondary N) is 1. The Bertz CT molecular complexity index is 232. The second-order valence-electron chi connectivity index (χ2n) is 5.29. The first-order valence-corrected chi connectivity index (χ1v) is 7.15. The Morgan fingerprint density at radius 3 is 2.19 bits per heavy atom. The van der Waals surface area contributed by atoms with Gasteiger partial charge in [-0.1, -0.05) is 32.1 Å². The van der Waals surface area contributed by atoms with Crippen molar-refractivity contribution in [3.63, 3.8) is 0 Å². The number of rotatable bonds is 3. The van der Waals surface area contributed by atoms with Crippen LogP contribution < -0.4 is 5.32 Å². The highest BCUT2D eigenvalue weighted by molar-refractivity contribution is 6.31. The fourth-order valence-corrected chi connectivity index (χ4v) is 3.31. The van der Waals surface area contributed by atoms with Crippen LogP contribution in [0.5, 0.6) is 0 Å². The molecule has 0 aromatic rings. The molecular weight excluding hydrogens is 222 g/mol. The molecule has 2 aliphatic carbocycles. The summed E-state index contributed by atoms with van der Waals surface area (Å²) in [4.78, 5) is 12.0.